The number of hydrogen-bond donors (Lipinski definition) is 1. The van der Waals surface area contributed by atoms with E-state index in [1.807, 2.05) is 36.4 Å². The van der Waals surface area contributed by atoms with Crippen molar-refractivity contribution in [3.63, 3.8) is 0 Å². The van der Waals surface area contributed by atoms with Gasteiger partial charge in [0, 0.05) is 5.56 Å². The number of hydrogen-bond acceptors (Lipinski definition) is 2. The maximum absolute atomic E-state index is 9.93. The molecule has 0 saturated heterocycles. The smallest absolute Gasteiger partial charge is 0.125 e. The number of aliphatic hydroxyl groups excluding tert-OH is 1. The van der Waals surface area contributed by atoms with Crippen molar-refractivity contribution in [1.29, 1.82) is 0 Å². The van der Waals surface area contributed by atoms with Crippen LogP contribution in [-0.2, 0) is 0 Å². The van der Waals surface area contributed by atoms with E-state index in [1.54, 1.807) is 7.11 Å². The molecule has 0 spiro atoms. The Morgan fingerprint density at radius 1 is 1.25 bits per heavy atom. The quantitative estimate of drug-likeness (QED) is 0.830. The number of benzene rings is 2. The molecule has 16 heavy (non-hydrogen) atoms. The third kappa shape index (κ3) is 1.86. The summed E-state index contributed by atoms with van der Waals surface area (Å²) in [4.78, 5) is 0. The number of methoxy groups -OCH3 is 1. The highest BCUT2D eigenvalue weighted by Crippen LogP contribution is 2.33. The topological polar surface area (TPSA) is 29.5 Å². The molecule has 0 radical (unpaired) electrons. The molecule has 1 unspecified atom stereocenters. The first kappa shape index (κ1) is 11.2. The van der Waals surface area contributed by atoms with Crippen LogP contribution in [0.4, 0.5) is 0 Å². The fourth-order valence-electron chi connectivity index (χ4n) is 1.87. The second-order valence-electron chi connectivity index (χ2n) is 3.57. The molecule has 0 aliphatic carbocycles. The van der Waals surface area contributed by atoms with E-state index in [0.717, 1.165) is 16.3 Å². The minimum Gasteiger partial charge on any atom is -0.496 e. The highest BCUT2D eigenvalue weighted by Gasteiger charge is 2.15. The van der Waals surface area contributed by atoms with E-state index < -0.39 is 6.10 Å². The van der Waals surface area contributed by atoms with Gasteiger partial charge in [-0.15, -0.1) is 11.6 Å². The van der Waals surface area contributed by atoms with Gasteiger partial charge in [-0.3, -0.25) is 0 Å². The molecule has 3 heteroatoms. The lowest BCUT2D eigenvalue weighted by atomic mass is 10.00. The van der Waals surface area contributed by atoms with Gasteiger partial charge in [0.1, 0.15) is 5.75 Å². The summed E-state index contributed by atoms with van der Waals surface area (Å²) in [6.07, 6.45) is -0.706. The van der Waals surface area contributed by atoms with Gasteiger partial charge in [0.05, 0.1) is 19.1 Å². The number of fused-ring (bicyclic) bond motifs is 1. The van der Waals surface area contributed by atoms with Crippen molar-refractivity contribution in [3.8, 4) is 5.75 Å². The number of alkyl halides is 1. The second kappa shape index (κ2) is 4.73. The van der Waals surface area contributed by atoms with Crippen LogP contribution in [0.5, 0.6) is 5.75 Å². The zero-order valence-electron chi connectivity index (χ0n) is 8.98. The number of halogens is 1. The van der Waals surface area contributed by atoms with Crippen molar-refractivity contribution >= 4 is 22.4 Å². The van der Waals surface area contributed by atoms with Crippen molar-refractivity contribution in [3.05, 3.63) is 42.0 Å². The average Bonchev–Trinajstić information content (AvgIpc) is 2.36. The molecule has 0 fully saturated rings. The molecule has 1 N–H and O–H groups in total. The molecule has 0 bridgehead atoms. The fraction of sp³-hybridized carbons (Fsp3) is 0.231. The molecular formula is C13H13ClO2. The van der Waals surface area contributed by atoms with E-state index in [1.165, 1.54) is 0 Å². The molecule has 2 nitrogen and oxygen atoms in total. The number of ether oxygens (including phenoxy) is 1. The molecule has 0 saturated carbocycles. The van der Waals surface area contributed by atoms with Crippen molar-refractivity contribution in [2.24, 2.45) is 0 Å². The third-order valence-electron chi connectivity index (χ3n) is 2.63. The minimum absolute atomic E-state index is 0.157. The largest absolute Gasteiger partial charge is 0.496 e. The van der Waals surface area contributed by atoms with Crippen LogP contribution in [0.15, 0.2) is 36.4 Å². The van der Waals surface area contributed by atoms with E-state index in [9.17, 15) is 5.11 Å². The van der Waals surface area contributed by atoms with Gasteiger partial charge in [-0.25, -0.2) is 0 Å². The van der Waals surface area contributed by atoms with Gasteiger partial charge in [0.25, 0.3) is 0 Å². The van der Waals surface area contributed by atoms with E-state index in [4.69, 9.17) is 16.3 Å². The first-order valence-corrected chi connectivity index (χ1v) is 5.61. The SMILES string of the molecule is COc1ccc2ccccc2c1C(O)CCl. The maximum Gasteiger partial charge on any atom is 0.125 e. The molecule has 0 aromatic heterocycles. The number of aliphatic hydroxyl groups is 1. The van der Waals surface area contributed by atoms with E-state index in [-0.39, 0.29) is 5.88 Å². The summed E-state index contributed by atoms with van der Waals surface area (Å²) >= 11 is 5.71. The molecular weight excluding hydrogens is 224 g/mol. The van der Waals surface area contributed by atoms with Gasteiger partial charge in [-0.05, 0) is 16.8 Å². The zero-order valence-corrected chi connectivity index (χ0v) is 9.74. The predicted molar refractivity (Wildman–Crippen MR) is 66.2 cm³/mol. The monoisotopic (exact) mass is 236 g/mol. The van der Waals surface area contributed by atoms with E-state index in [2.05, 4.69) is 0 Å². The Kier molecular flexibility index (Phi) is 3.32. The molecule has 0 aliphatic rings. The summed E-state index contributed by atoms with van der Waals surface area (Å²) < 4.78 is 5.26. The van der Waals surface area contributed by atoms with Crippen LogP contribution < -0.4 is 4.74 Å². The van der Waals surface area contributed by atoms with Crippen LogP contribution in [-0.4, -0.2) is 18.1 Å². The maximum atomic E-state index is 9.93. The highest BCUT2D eigenvalue weighted by atomic mass is 35.5. The molecule has 1 atom stereocenters. The highest BCUT2D eigenvalue weighted by molar-refractivity contribution is 6.18. The van der Waals surface area contributed by atoms with Gasteiger partial charge < -0.3 is 9.84 Å². The van der Waals surface area contributed by atoms with E-state index >= 15 is 0 Å². The molecule has 0 aliphatic heterocycles. The second-order valence-corrected chi connectivity index (χ2v) is 3.88. The van der Waals surface area contributed by atoms with Crippen molar-refractivity contribution in [2.75, 3.05) is 13.0 Å². The summed E-state index contributed by atoms with van der Waals surface area (Å²) in [5, 5.41) is 12.0. The summed E-state index contributed by atoms with van der Waals surface area (Å²) in [7, 11) is 1.59. The Morgan fingerprint density at radius 2 is 2.00 bits per heavy atom. The van der Waals surface area contributed by atoms with Crippen LogP contribution >= 0.6 is 11.6 Å². The van der Waals surface area contributed by atoms with Gasteiger partial charge >= 0.3 is 0 Å². The van der Waals surface area contributed by atoms with Crippen LogP contribution in [0.1, 0.15) is 11.7 Å². The lowest BCUT2D eigenvalue weighted by Gasteiger charge is -2.15. The van der Waals surface area contributed by atoms with Crippen molar-refractivity contribution < 1.29 is 9.84 Å². The third-order valence-corrected chi connectivity index (χ3v) is 2.92. The first-order valence-electron chi connectivity index (χ1n) is 5.07. The predicted octanol–water partition coefficient (Wildman–Crippen LogP) is 3.12. The van der Waals surface area contributed by atoms with Gasteiger partial charge in [-0.2, -0.15) is 0 Å². The Labute approximate surface area is 99.4 Å². The van der Waals surface area contributed by atoms with Crippen LogP contribution in [0.3, 0.4) is 0 Å². The van der Waals surface area contributed by atoms with E-state index in [0.29, 0.717) is 5.75 Å². The van der Waals surface area contributed by atoms with Gasteiger partial charge in [0.15, 0.2) is 0 Å². The van der Waals surface area contributed by atoms with Crippen molar-refractivity contribution in [2.45, 2.75) is 6.10 Å². The van der Waals surface area contributed by atoms with Crippen molar-refractivity contribution in [1.82, 2.24) is 0 Å². The van der Waals surface area contributed by atoms with Crippen LogP contribution in [0.25, 0.3) is 10.8 Å². The zero-order chi connectivity index (χ0) is 11.5. The first-order chi connectivity index (χ1) is 7.77. The normalized spacial score (nSPS) is 12.7. The summed E-state index contributed by atoms with van der Waals surface area (Å²) in [6, 6.07) is 11.7. The Morgan fingerprint density at radius 3 is 2.69 bits per heavy atom. The fourth-order valence-corrected chi connectivity index (χ4v) is 2.03. The van der Waals surface area contributed by atoms with Crippen LogP contribution in [0, 0.1) is 0 Å². The molecule has 2 aromatic carbocycles. The molecule has 0 amide bonds. The standard InChI is InChI=1S/C13H13ClO2/c1-16-12-7-6-9-4-2-3-5-10(9)13(12)11(15)8-14/h2-7,11,15H,8H2,1H3. The van der Waals surface area contributed by atoms with Gasteiger partial charge in [0.2, 0.25) is 0 Å². The van der Waals surface area contributed by atoms with Gasteiger partial charge in [-0.1, -0.05) is 30.3 Å². The summed E-state index contributed by atoms with van der Waals surface area (Å²) in [6.45, 7) is 0. The summed E-state index contributed by atoms with van der Waals surface area (Å²) in [5.74, 6) is 0.830. The Bertz CT molecular complexity index is 496. The Hall–Kier alpha value is -1.25. The average molecular weight is 237 g/mol. The Balaban J connectivity index is 2.72. The lowest BCUT2D eigenvalue weighted by molar-refractivity contribution is 0.199. The molecule has 2 rings (SSSR count). The molecule has 0 heterocycles. The molecule has 84 valence electrons. The minimum atomic E-state index is -0.706. The van der Waals surface area contributed by atoms with Crippen LogP contribution in [0.2, 0.25) is 0 Å². The molecule has 2 aromatic rings. The number of rotatable bonds is 3. The lowest BCUT2D eigenvalue weighted by Crippen LogP contribution is -2.02. The summed E-state index contributed by atoms with van der Waals surface area (Å²) in [5.41, 5.74) is 0.760.